The first-order chi connectivity index (χ1) is 40.8. The van der Waals surface area contributed by atoms with Crippen LogP contribution in [0, 0.1) is 0 Å². The fourth-order valence-electron chi connectivity index (χ4n) is 10.1. The van der Waals surface area contributed by atoms with E-state index in [4.69, 9.17) is 24.3 Å². The van der Waals surface area contributed by atoms with E-state index in [9.17, 15) is 19.0 Å². The van der Waals surface area contributed by atoms with Crippen LogP contribution in [0.4, 0.5) is 0 Å². The zero-order chi connectivity index (χ0) is 60.1. The largest absolute Gasteiger partial charge is 0.472 e. The van der Waals surface area contributed by atoms with Gasteiger partial charge in [0.1, 0.15) is 6.61 Å². The van der Waals surface area contributed by atoms with E-state index in [0.29, 0.717) is 6.42 Å². The molecular weight excluding hydrogens is 1050 g/mol. The van der Waals surface area contributed by atoms with Gasteiger partial charge in [0.15, 0.2) is 6.10 Å². The summed E-state index contributed by atoms with van der Waals surface area (Å²) < 4.78 is 33.2. The Morgan fingerprint density at radius 2 is 0.663 bits per heavy atom. The summed E-state index contributed by atoms with van der Waals surface area (Å²) in [5.41, 5.74) is 5.40. The molecule has 0 rings (SSSR count). The number of carbonyl (C=O) groups is 2. The average molecular weight is 1180 g/mol. The van der Waals surface area contributed by atoms with Gasteiger partial charge in [0.25, 0.3) is 0 Å². The van der Waals surface area contributed by atoms with Crippen molar-refractivity contribution in [1.29, 1.82) is 0 Å². The summed E-state index contributed by atoms with van der Waals surface area (Å²) in [6, 6.07) is 0. The summed E-state index contributed by atoms with van der Waals surface area (Å²) in [4.78, 5) is 35.4. The number of esters is 2. The molecule has 0 saturated heterocycles. The van der Waals surface area contributed by atoms with Crippen molar-refractivity contribution in [1.82, 2.24) is 0 Å². The minimum atomic E-state index is -4.39. The molecule has 0 saturated carbocycles. The highest BCUT2D eigenvalue weighted by Crippen LogP contribution is 2.43. The van der Waals surface area contributed by atoms with Gasteiger partial charge in [-0.1, -0.05) is 317 Å². The molecule has 83 heavy (non-hydrogen) atoms. The van der Waals surface area contributed by atoms with Crippen molar-refractivity contribution < 1.29 is 37.6 Å². The Balaban J connectivity index is 3.85. The van der Waals surface area contributed by atoms with Gasteiger partial charge in [0.05, 0.1) is 13.2 Å². The molecule has 9 nitrogen and oxygen atoms in total. The lowest BCUT2D eigenvalue weighted by molar-refractivity contribution is -0.161. The summed E-state index contributed by atoms with van der Waals surface area (Å²) in [5, 5.41) is 0. The Morgan fingerprint density at radius 1 is 0.373 bits per heavy atom. The zero-order valence-corrected chi connectivity index (χ0v) is 55.1. The fraction of sp³-hybridized carbons (Fsp3) is 0.781. The number of unbranched alkanes of at least 4 members (excludes halogenated alkanes) is 39. The maximum Gasteiger partial charge on any atom is 0.472 e. The third kappa shape index (κ3) is 68.2. The van der Waals surface area contributed by atoms with Crippen molar-refractivity contribution in [2.24, 2.45) is 5.73 Å². The molecule has 0 spiro atoms. The van der Waals surface area contributed by atoms with E-state index in [-0.39, 0.29) is 38.6 Å². The lowest BCUT2D eigenvalue weighted by atomic mass is 10.0. The number of hydrogen-bond donors (Lipinski definition) is 2. The molecule has 0 aromatic carbocycles. The van der Waals surface area contributed by atoms with Crippen LogP contribution in [0.2, 0.25) is 0 Å². The summed E-state index contributed by atoms with van der Waals surface area (Å²) in [5.74, 6) is -0.814. The van der Waals surface area contributed by atoms with Crippen LogP contribution in [0.3, 0.4) is 0 Å². The molecule has 0 radical (unpaired) electrons. The Morgan fingerprint density at radius 3 is 1.00 bits per heavy atom. The molecule has 2 unspecified atom stereocenters. The number of nitrogens with two attached hydrogens (primary N) is 1. The van der Waals surface area contributed by atoms with Gasteiger partial charge < -0.3 is 20.1 Å². The lowest BCUT2D eigenvalue weighted by Gasteiger charge is -2.19. The minimum absolute atomic E-state index is 0.0531. The van der Waals surface area contributed by atoms with E-state index in [2.05, 4.69) is 98.9 Å². The fourth-order valence-corrected chi connectivity index (χ4v) is 10.9. The van der Waals surface area contributed by atoms with Crippen LogP contribution in [-0.4, -0.2) is 49.3 Å². The normalized spacial score (nSPS) is 13.4. The Labute approximate surface area is 513 Å². The first kappa shape index (κ1) is 80.2. The van der Waals surface area contributed by atoms with Crippen molar-refractivity contribution >= 4 is 19.8 Å². The number of allylic oxidation sites excluding steroid dienone is 14. The molecule has 0 fully saturated rings. The molecule has 0 aliphatic heterocycles. The lowest BCUT2D eigenvalue weighted by Crippen LogP contribution is -2.29. The van der Waals surface area contributed by atoms with E-state index in [1.165, 1.54) is 225 Å². The van der Waals surface area contributed by atoms with Gasteiger partial charge in [-0.05, 0) is 89.9 Å². The van der Waals surface area contributed by atoms with Crippen molar-refractivity contribution in [2.75, 3.05) is 26.4 Å². The second-order valence-corrected chi connectivity index (χ2v) is 24.8. The molecule has 482 valence electrons. The SMILES string of the molecule is CC/C=C\C/C=C\C/C=C\C/C=C\C/C=C\C/C=C\CCCCCCCCCCCCCCCCCCCCC(=O)OC(COC(=O)CCCCCCCCCCCCCCC/C=C\CCCCCCCCCC)COP(=O)(O)OCCN. The van der Waals surface area contributed by atoms with Crippen LogP contribution >= 0.6 is 7.82 Å². The van der Waals surface area contributed by atoms with Crippen molar-refractivity contribution in [3.8, 4) is 0 Å². The Hall–Kier alpha value is -2.81. The monoisotopic (exact) mass is 1180 g/mol. The topological polar surface area (TPSA) is 134 Å². The summed E-state index contributed by atoms with van der Waals surface area (Å²) in [7, 11) is -4.39. The van der Waals surface area contributed by atoms with Crippen molar-refractivity contribution in [3.63, 3.8) is 0 Å². The second kappa shape index (κ2) is 68.3. The molecule has 0 heterocycles. The van der Waals surface area contributed by atoms with E-state index >= 15 is 0 Å². The smallest absolute Gasteiger partial charge is 0.462 e. The molecule has 0 aliphatic carbocycles. The molecule has 0 aromatic heterocycles. The first-order valence-electron chi connectivity index (χ1n) is 35.1. The third-order valence-corrected chi connectivity index (χ3v) is 16.2. The van der Waals surface area contributed by atoms with E-state index in [1.807, 2.05) is 0 Å². The van der Waals surface area contributed by atoms with Crippen LogP contribution in [0.15, 0.2) is 85.1 Å². The minimum Gasteiger partial charge on any atom is -0.462 e. The molecule has 0 amide bonds. The van der Waals surface area contributed by atoms with Crippen molar-refractivity contribution in [2.45, 2.75) is 341 Å². The van der Waals surface area contributed by atoms with E-state index in [0.717, 1.165) is 77.0 Å². The summed E-state index contributed by atoms with van der Waals surface area (Å²) in [6.45, 7) is 3.68. The first-order valence-corrected chi connectivity index (χ1v) is 36.6. The van der Waals surface area contributed by atoms with Crippen LogP contribution in [0.5, 0.6) is 0 Å². The second-order valence-electron chi connectivity index (χ2n) is 23.4. The van der Waals surface area contributed by atoms with Gasteiger partial charge in [0, 0.05) is 19.4 Å². The maximum atomic E-state index is 12.8. The zero-order valence-electron chi connectivity index (χ0n) is 54.2. The van der Waals surface area contributed by atoms with Gasteiger partial charge in [-0.3, -0.25) is 18.6 Å². The van der Waals surface area contributed by atoms with Gasteiger partial charge in [-0.25, -0.2) is 4.57 Å². The van der Waals surface area contributed by atoms with Crippen LogP contribution in [-0.2, 0) is 32.7 Å². The molecular formula is C73H132NO8P. The highest BCUT2D eigenvalue weighted by atomic mass is 31.2. The highest BCUT2D eigenvalue weighted by Gasteiger charge is 2.26. The van der Waals surface area contributed by atoms with Gasteiger partial charge in [-0.15, -0.1) is 0 Å². The predicted octanol–water partition coefficient (Wildman–Crippen LogP) is 23.0. The Kier molecular flexibility index (Phi) is 66.0. The number of rotatable bonds is 66. The molecule has 0 bridgehead atoms. The average Bonchev–Trinajstić information content (AvgIpc) is 3.49. The summed E-state index contributed by atoms with van der Waals surface area (Å²) >= 11 is 0. The molecule has 0 aliphatic rings. The van der Waals surface area contributed by atoms with E-state index < -0.39 is 26.5 Å². The van der Waals surface area contributed by atoms with Crippen LogP contribution < -0.4 is 5.73 Å². The summed E-state index contributed by atoms with van der Waals surface area (Å²) in [6.07, 6.45) is 91.1. The van der Waals surface area contributed by atoms with Crippen LogP contribution in [0.25, 0.3) is 0 Å². The number of phosphoric ester groups is 1. The molecule has 10 heteroatoms. The molecule has 0 aromatic rings. The van der Waals surface area contributed by atoms with Gasteiger partial charge in [0.2, 0.25) is 0 Å². The van der Waals surface area contributed by atoms with Gasteiger partial charge >= 0.3 is 19.8 Å². The number of carbonyl (C=O) groups excluding carboxylic acids is 2. The number of ether oxygens (including phenoxy) is 2. The van der Waals surface area contributed by atoms with Crippen LogP contribution in [0.1, 0.15) is 335 Å². The number of phosphoric acid groups is 1. The Bertz CT molecular complexity index is 1640. The van der Waals surface area contributed by atoms with E-state index in [1.54, 1.807) is 0 Å². The third-order valence-electron chi connectivity index (χ3n) is 15.3. The standard InChI is InChI=1S/C73H132NO8P/c1-3-5-7-9-11-13-15-17-19-21-23-25-27-29-30-31-32-33-34-35-36-37-38-39-40-42-44-46-48-50-52-54-56-58-60-62-64-66-73(76)82-71(70-81-83(77,78)80-68-67-74)69-79-72(75)65-63-61-59-57-55-53-51-49-47-45-43-41-28-26-24-22-20-18-16-14-12-10-8-6-4-2/h5,7,11,13,17,19,22-25,29-30,32-33,71H,3-4,6,8-10,12,14-16,18,20-21,26-28,31,34-70,74H2,1-2H3,(H,77,78)/b7-5-,13-11-,19-17-,24-22-,25-23-,30-29-,33-32-. The predicted molar refractivity (Wildman–Crippen MR) is 358 cm³/mol. The van der Waals surface area contributed by atoms with Crippen molar-refractivity contribution in [3.05, 3.63) is 85.1 Å². The molecule has 2 atom stereocenters. The highest BCUT2D eigenvalue weighted by molar-refractivity contribution is 7.47. The number of hydrogen-bond acceptors (Lipinski definition) is 8. The van der Waals surface area contributed by atoms with Gasteiger partial charge in [-0.2, -0.15) is 0 Å². The molecule has 3 N–H and O–H groups in total. The maximum absolute atomic E-state index is 12.8. The quantitative estimate of drug-likeness (QED) is 0.0264.